The number of aliphatic hydroxyl groups excluding tert-OH is 1. The minimum absolute atomic E-state index is 0.0160. The van der Waals surface area contributed by atoms with Gasteiger partial charge in [0, 0.05) is 44.2 Å². The van der Waals surface area contributed by atoms with Crippen LogP contribution in [0.25, 0.3) is 11.3 Å². The highest BCUT2D eigenvalue weighted by atomic mass is 19.4. The number of carbonyl (C=O) groups excluding carboxylic acids is 1. The number of anilines is 1. The van der Waals surface area contributed by atoms with Crippen LogP contribution in [0.15, 0.2) is 42.6 Å². The molecule has 5 rings (SSSR count). The average molecular weight is 631 g/mol. The number of likely N-dealkylation sites (N-methyl/N-ethyl adjacent to an activating group) is 1. The van der Waals surface area contributed by atoms with Gasteiger partial charge in [-0.25, -0.2) is 15.0 Å². The van der Waals surface area contributed by atoms with Crippen LogP contribution in [0.5, 0.6) is 17.5 Å². The highest BCUT2D eigenvalue weighted by Gasteiger charge is 2.39. The fourth-order valence-corrected chi connectivity index (χ4v) is 5.58. The predicted molar refractivity (Wildman–Crippen MR) is 159 cm³/mol. The number of nitrogens with zero attached hydrogens (tertiary/aromatic N) is 5. The summed E-state index contributed by atoms with van der Waals surface area (Å²) in [5, 5.41) is 14.3. The van der Waals surface area contributed by atoms with E-state index in [0.717, 1.165) is 13.0 Å². The number of nitrogens with one attached hydrogen (secondary N) is 1. The van der Waals surface area contributed by atoms with Crippen molar-refractivity contribution in [3.8, 4) is 28.8 Å². The molecule has 0 aliphatic carbocycles. The zero-order valence-electron chi connectivity index (χ0n) is 25.4. The second-order valence-corrected chi connectivity index (χ2v) is 10.9. The zero-order valence-corrected chi connectivity index (χ0v) is 25.4. The van der Waals surface area contributed by atoms with Crippen molar-refractivity contribution in [2.45, 2.75) is 57.7 Å². The molecule has 3 atom stereocenters. The summed E-state index contributed by atoms with van der Waals surface area (Å²) in [7, 11) is 1.98. The van der Waals surface area contributed by atoms with E-state index in [9.17, 15) is 23.1 Å². The number of carbonyl (C=O) groups is 1. The van der Waals surface area contributed by atoms with Crippen LogP contribution >= 0.6 is 0 Å². The first-order valence-electron chi connectivity index (χ1n) is 15.0. The van der Waals surface area contributed by atoms with Gasteiger partial charge >= 0.3 is 6.18 Å². The Balaban J connectivity index is 1.40. The lowest BCUT2D eigenvalue weighted by atomic mass is 10.0. The van der Waals surface area contributed by atoms with Gasteiger partial charge in [0.1, 0.15) is 12.3 Å². The standard InChI is InChI=1S/C31H37F3N6O5/c1-4-43-25-11-10-24(28(38-25)31(32,33)34)45-20-13-16-40(26(41)17-20)23-9-8-22(21-7-6-14-35-30(21)44-5-2)37-27(23)29(42)36-19-12-15-39(3)18-19/h6-11,14,19-20,26,41H,4-5,12-13,15-18H2,1-3H3,(H,36,42)/t19-,20-,26-/m1/s1. The maximum Gasteiger partial charge on any atom is 0.437 e. The number of halogens is 3. The van der Waals surface area contributed by atoms with Gasteiger partial charge in [-0.1, -0.05) is 0 Å². The molecular formula is C31H37F3N6O5. The molecule has 2 aliphatic heterocycles. The van der Waals surface area contributed by atoms with E-state index in [1.807, 2.05) is 14.0 Å². The van der Waals surface area contributed by atoms with Gasteiger partial charge in [0.05, 0.1) is 30.2 Å². The molecule has 2 fully saturated rings. The SMILES string of the molecule is CCOc1ccc(O[C@@H]2CCN(c3ccc(-c4cccnc4OCC)nc3C(=O)N[C@@H]3CCN(C)C3)[C@H](O)C2)c(C(F)(F)F)n1. The molecule has 0 saturated carbocycles. The van der Waals surface area contributed by atoms with Gasteiger partial charge in [-0.05, 0) is 64.2 Å². The third-order valence-corrected chi connectivity index (χ3v) is 7.67. The molecule has 0 unspecified atom stereocenters. The van der Waals surface area contributed by atoms with Crippen LogP contribution in [0.3, 0.4) is 0 Å². The molecule has 11 nitrogen and oxygen atoms in total. The van der Waals surface area contributed by atoms with Gasteiger partial charge in [-0.2, -0.15) is 13.2 Å². The van der Waals surface area contributed by atoms with E-state index < -0.39 is 35.9 Å². The van der Waals surface area contributed by atoms with Gasteiger partial charge in [0.25, 0.3) is 5.91 Å². The second kappa shape index (κ2) is 13.9. The number of hydrogen-bond donors (Lipinski definition) is 2. The molecule has 2 saturated heterocycles. The Morgan fingerprint density at radius 3 is 2.56 bits per heavy atom. The lowest BCUT2D eigenvalue weighted by Gasteiger charge is -2.38. The second-order valence-electron chi connectivity index (χ2n) is 10.9. The maximum atomic E-state index is 13.8. The molecule has 2 N–H and O–H groups in total. The Kier molecular flexibility index (Phi) is 9.93. The first kappa shape index (κ1) is 32.2. The molecule has 2 aliphatic rings. The zero-order chi connectivity index (χ0) is 32.1. The molecule has 0 aromatic carbocycles. The van der Waals surface area contributed by atoms with E-state index in [2.05, 4.69) is 20.2 Å². The van der Waals surface area contributed by atoms with Crippen LogP contribution in [-0.4, -0.2) is 89.1 Å². The minimum Gasteiger partial charge on any atom is -0.488 e. The maximum absolute atomic E-state index is 13.8. The highest BCUT2D eigenvalue weighted by molar-refractivity contribution is 5.99. The lowest BCUT2D eigenvalue weighted by molar-refractivity contribution is -0.143. The van der Waals surface area contributed by atoms with Crippen molar-refractivity contribution in [2.24, 2.45) is 0 Å². The summed E-state index contributed by atoms with van der Waals surface area (Å²) in [6.45, 7) is 5.80. The van der Waals surface area contributed by atoms with Crippen LogP contribution in [0, 0.1) is 0 Å². The summed E-state index contributed by atoms with van der Waals surface area (Å²) in [6.07, 6.45) is -4.01. The lowest BCUT2D eigenvalue weighted by Crippen LogP contribution is -2.47. The highest BCUT2D eigenvalue weighted by Crippen LogP contribution is 2.38. The summed E-state index contributed by atoms with van der Waals surface area (Å²) in [6, 6.07) is 9.43. The Hall–Kier alpha value is -4.17. The van der Waals surface area contributed by atoms with E-state index in [1.165, 1.54) is 12.1 Å². The molecule has 5 heterocycles. The molecule has 0 spiro atoms. The normalized spacial score (nSPS) is 20.6. The average Bonchev–Trinajstić information content (AvgIpc) is 3.42. The number of pyridine rings is 3. The van der Waals surface area contributed by atoms with Crippen molar-refractivity contribution >= 4 is 11.6 Å². The van der Waals surface area contributed by atoms with Gasteiger partial charge in [-0.15, -0.1) is 0 Å². The Morgan fingerprint density at radius 1 is 1.07 bits per heavy atom. The van der Waals surface area contributed by atoms with E-state index in [1.54, 1.807) is 42.3 Å². The van der Waals surface area contributed by atoms with Gasteiger partial charge < -0.3 is 34.4 Å². The van der Waals surface area contributed by atoms with Crippen LogP contribution < -0.4 is 24.4 Å². The summed E-state index contributed by atoms with van der Waals surface area (Å²) in [5.74, 6) is -0.609. The topological polar surface area (TPSA) is 122 Å². The molecular weight excluding hydrogens is 593 g/mol. The molecule has 0 radical (unpaired) electrons. The smallest absolute Gasteiger partial charge is 0.437 e. The van der Waals surface area contributed by atoms with Crippen molar-refractivity contribution in [3.05, 3.63) is 54.0 Å². The minimum atomic E-state index is -4.76. The van der Waals surface area contributed by atoms with Gasteiger partial charge in [0.2, 0.25) is 11.8 Å². The van der Waals surface area contributed by atoms with Crippen LogP contribution in [0.1, 0.15) is 49.3 Å². The molecule has 242 valence electrons. The number of hydrogen-bond acceptors (Lipinski definition) is 10. The number of amides is 1. The van der Waals surface area contributed by atoms with Crippen LogP contribution in [-0.2, 0) is 6.18 Å². The van der Waals surface area contributed by atoms with E-state index in [0.29, 0.717) is 36.0 Å². The number of alkyl halides is 3. The third kappa shape index (κ3) is 7.56. The van der Waals surface area contributed by atoms with Gasteiger partial charge in [0.15, 0.2) is 17.1 Å². The fraction of sp³-hybridized carbons (Fsp3) is 0.484. The van der Waals surface area contributed by atoms with Crippen LogP contribution in [0.2, 0.25) is 0 Å². The molecule has 45 heavy (non-hydrogen) atoms. The third-order valence-electron chi connectivity index (χ3n) is 7.67. The monoisotopic (exact) mass is 630 g/mol. The Bertz CT molecular complexity index is 1490. The number of rotatable bonds is 10. The van der Waals surface area contributed by atoms with E-state index in [4.69, 9.17) is 19.2 Å². The van der Waals surface area contributed by atoms with Gasteiger partial charge in [-0.3, -0.25) is 4.79 Å². The number of piperidine rings is 1. The predicted octanol–water partition coefficient (Wildman–Crippen LogP) is 4.15. The molecule has 14 heteroatoms. The number of ether oxygens (including phenoxy) is 3. The van der Waals surface area contributed by atoms with E-state index >= 15 is 0 Å². The van der Waals surface area contributed by atoms with Crippen molar-refractivity contribution in [2.75, 3.05) is 44.8 Å². The van der Waals surface area contributed by atoms with Crippen molar-refractivity contribution in [1.29, 1.82) is 0 Å². The Labute approximate surface area is 259 Å². The number of aromatic nitrogens is 3. The summed E-state index contributed by atoms with van der Waals surface area (Å²) < 4.78 is 57.9. The molecule has 0 bridgehead atoms. The fourth-order valence-electron chi connectivity index (χ4n) is 5.58. The quantitative estimate of drug-likeness (QED) is 0.338. The van der Waals surface area contributed by atoms with Crippen LogP contribution in [0.4, 0.5) is 18.9 Å². The number of aliphatic hydroxyl groups is 1. The first-order valence-corrected chi connectivity index (χ1v) is 15.0. The van der Waals surface area contributed by atoms with E-state index in [-0.39, 0.29) is 43.6 Å². The Morgan fingerprint density at radius 2 is 1.87 bits per heavy atom. The molecule has 3 aromatic heterocycles. The van der Waals surface area contributed by atoms with Crippen molar-refractivity contribution < 1.29 is 37.3 Å². The van der Waals surface area contributed by atoms with Crippen molar-refractivity contribution in [3.63, 3.8) is 0 Å². The first-order chi connectivity index (χ1) is 21.6. The summed E-state index contributed by atoms with van der Waals surface area (Å²) in [4.78, 5) is 30.1. The molecule has 3 aromatic rings. The summed E-state index contributed by atoms with van der Waals surface area (Å²) >= 11 is 0. The summed E-state index contributed by atoms with van der Waals surface area (Å²) in [5.41, 5.74) is 0.400. The van der Waals surface area contributed by atoms with Crippen molar-refractivity contribution in [1.82, 2.24) is 25.2 Å². The molecule has 1 amide bonds. The largest absolute Gasteiger partial charge is 0.488 e. The number of likely N-dealkylation sites (tertiary alicyclic amines) is 1.